The van der Waals surface area contributed by atoms with Crippen LogP contribution in [0.1, 0.15) is 66.2 Å². The van der Waals surface area contributed by atoms with Crippen LogP contribution in [0.2, 0.25) is 0 Å². The first-order valence-electron chi connectivity index (χ1n) is 15.2. The van der Waals surface area contributed by atoms with Crippen molar-refractivity contribution in [3.05, 3.63) is 24.3 Å². The Labute approximate surface area is 333 Å². The van der Waals surface area contributed by atoms with E-state index in [0.717, 1.165) is 49.6 Å². The minimum absolute atomic E-state index is 0. The summed E-state index contributed by atoms with van der Waals surface area (Å²) in [5.41, 5.74) is -0.0276. The first kappa shape index (κ1) is 54.4. The molecule has 0 fully saturated rings. The van der Waals surface area contributed by atoms with Gasteiger partial charge >= 0.3 is 0 Å². The van der Waals surface area contributed by atoms with Gasteiger partial charge < -0.3 is 21.3 Å². The fourth-order valence-electron chi connectivity index (χ4n) is 4.22. The van der Waals surface area contributed by atoms with Gasteiger partial charge in [0.15, 0.2) is 0 Å². The lowest BCUT2D eigenvalue weighted by atomic mass is 10.1. The van der Waals surface area contributed by atoms with E-state index in [2.05, 4.69) is 44.9 Å². The third-order valence-corrected chi connectivity index (χ3v) is 11.6. The van der Waals surface area contributed by atoms with E-state index in [9.17, 15) is 38.4 Å². The first-order chi connectivity index (χ1) is 23.9. The number of nitrogens with one attached hydrogen (secondary N) is 4. The lowest BCUT2D eigenvalue weighted by molar-refractivity contribution is -0.139. The Bertz CT molecular complexity index is 1210. The van der Waals surface area contributed by atoms with E-state index in [-0.39, 0.29) is 99.4 Å². The minimum Gasteiger partial charge on any atom is -0.356 e. The molecule has 2 aliphatic heterocycles. The zero-order chi connectivity index (χ0) is 37.9. The topological polar surface area (TPSA) is 191 Å². The standard InChI is InChI=1S/2C14H20N3O4PS.2CH4.P2S2/c2*1-15-10(14(21)22-23)4-2-3-8-16-11(18)7-9-17-12(19)5-6-13(17)20;;;3-1-2-4/h2*5-6,10,15H,2-4,7-9H2,1H3,(H,16,18);2*1H4;. The van der Waals surface area contributed by atoms with Gasteiger partial charge in [-0.3, -0.25) is 48.2 Å². The Morgan fingerprint density at radius 2 is 0.904 bits per heavy atom. The van der Waals surface area contributed by atoms with Crippen molar-refractivity contribution in [2.75, 3.05) is 40.3 Å². The monoisotopic (exact) mass is 872 g/mol. The van der Waals surface area contributed by atoms with E-state index >= 15 is 0 Å². The molecule has 0 aromatic heterocycles. The number of rotatable bonds is 23. The average molecular weight is 873 g/mol. The van der Waals surface area contributed by atoms with Crippen LogP contribution in [-0.2, 0) is 85.6 Å². The van der Waals surface area contributed by atoms with Crippen molar-refractivity contribution in [2.45, 2.75) is 78.3 Å². The van der Waals surface area contributed by atoms with Crippen molar-refractivity contribution in [3.8, 4) is 0 Å². The van der Waals surface area contributed by atoms with Gasteiger partial charge in [-0.05, 0) is 99.8 Å². The quantitative estimate of drug-likeness (QED) is 0.0665. The highest BCUT2D eigenvalue weighted by molar-refractivity contribution is 8.40. The molecule has 0 saturated heterocycles. The van der Waals surface area contributed by atoms with Gasteiger partial charge in [0.05, 0.1) is 26.8 Å². The van der Waals surface area contributed by atoms with E-state index in [1.54, 1.807) is 14.1 Å². The van der Waals surface area contributed by atoms with E-state index in [0.29, 0.717) is 40.6 Å². The van der Waals surface area contributed by atoms with Gasteiger partial charge in [0.25, 0.3) is 23.6 Å². The maximum absolute atomic E-state index is 11.7. The molecule has 2 aliphatic rings. The van der Waals surface area contributed by atoms with E-state index in [1.165, 1.54) is 24.3 Å². The summed E-state index contributed by atoms with van der Waals surface area (Å²) < 4.78 is 0. The van der Waals surface area contributed by atoms with Crippen molar-refractivity contribution < 1.29 is 38.4 Å². The van der Waals surface area contributed by atoms with E-state index < -0.39 is 0 Å². The lowest BCUT2D eigenvalue weighted by Gasteiger charge is -2.14. The summed E-state index contributed by atoms with van der Waals surface area (Å²) in [6.45, 7) is 1.17. The Balaban J connectivity index is -0.000000808. The van der Waals surface area contributed by atoms with Gasteiger partial charge in [0.2, 0.25) is 22.9 Å². The Morgan fingerprint density at radius 3 is 1.15 bits per heavy atom. The molecule has 0 spiro atoms. The van der Waals surface area contributed by atoms with Gasteiger partial charge in [0.1, 0.15) is 0 Å². The number of hydrogen-bond donors (Lipinski definition) is 4. The molecule has 6 amide bonds. The molecule has 290 valence electrons. The lowest BCUT2D eigenvalue weighted by Crippen LogP contribution is -2.35. The number of nitrogens with zero attached hydrogens (tertiary/aromatic N) is 2. The summed E-state index contributed by atoms with van der Waals surface area (Å²) in [6, 6.07) is -0.464. The number of amides is 6. The molecule has 2 unspecified atom stereocenters. The smallest absolute Gasteiger partial charge is 0.253 e. The number of unbranched alkanes of at least 4 members (excludes halogenated alkanes) is 2. The summed E-state index contributed by atoms with van der Waals surface area (Å²) in [5, 5.41) is 11.3. The Hall–Kier alpha value is -1.96. The molecule has 22 heteroatoms. The highest BCUT2D eigenvalue weighted by atomic mass is 32.7. The van der Waals surface area contributed by atoms with Crippen molar-refractivity contribution in [1.29, 1.82) is 0 Å². The zero-order valence-corrected chi connectivity index (χ0v) is 34.4. The number of carbonyl (C=O) groups is 8. The van der Waals surface area contributed by atoms with Crippen LogP contribution in [0.25, 0.3) is 0 Å². The predicted molar refractivity (Wildman–Crippen MR) is 221 cm³/mol. The molecule has 2 atom stereocenters. The summed E-state index contributed by atoms with van der Waals surface area (Å²) >= 11 is 18.2. The molecule has 0 aromatic rings. The summed E-state index contributed by atoms with van der Waals surface area (Å²) in [6.07, 6.45) is 9.38. The second kappa shape index (κ2) is 33.6. The normalized spacial score (nSPS) is 14.2. The van der Waals surface area contributed by atoms with Crippen LogP contribution in [0.4, 0.5) is 0 Å². The van der Waals surface area contributed by atoms with Crippen LogP contribution in [-0.4, -0.2) is 109 Å². The van der Waals surface area contributed by atoms with Crippen LogP contribution < -0.4 is 21.3 Å². The van der Waals surface area contributed by atoms with Crippen LogP contribution in [0.5, 0.6) is 0 Å². The molecule has 0 aliphatic carbocycles. The van der Waals surface area contributed by atoms with Crippen molar-refractivity contribution in [1.82, 2.24) is 31.1 Å². The number of likely N-dealkylation sites (N-methyl/N-ethyl adjacent to an activating group) is 2. The maximum atomic E-state index is 11.7. The van der Waals surface area contributed by atoms with Gasteiger partial charge in [-0.25, -0.2) is 0 Å². The molecule has 4 N–H and O–H groups in total. The minimum atomic E-state index is -0.383. The third kappa shape index (κ3) is 23.7. The second-order valence-electron chi connectivity index (χ2n) is 10.2. The van der Waals surface area contributed by atoms with Crippen molar-refractivity contribution >= 4 is 123 Å². The number of carbonyl (C=O) groups excluding carboxylic acids is 8. The van der Waals surface area contributed by atoms with Crippen molar-refractivity contribution in [3.63, 3.8) is 0 Å². The SMILES string of the molecule is C.C.CNC(CCCCNC(=O)CCN1C(=O)C=CC1=O)C(=O)P=S.CNC(CCCCNC(=O)CCN1C(=O)C=CC1=O)C(=O)P=S.S=PP=S. The zero-order valence-electron chi connectivity index (χ0n) is 27.5. The van der Waals surface area contributed by atoms with Crippen LogP contribution in [0.3, 0.4) is 0 Å². The van der Waals surface area contributed by atoms with Gasteiger partial charge in [-0.1, -0.05) is 14.9 Å². The molecule has 52 heavy (non-hydrogen) atoms. The van der Waals surface area contributed by atoms with Crippen molar-refractivity contribution in [2.24, 2.45) is 0 Å². The molecule has 0 aromatic carbocycles. The predicted octanol–water partition coefficient (Wildman–Crippen LogP) is 3.21. The van der Waals surface area contributed by atoms with Crippen LogP contribution in [0, 0.1) is 0 Å². The number of hydrogen-bond acceptors (Lipinski definition) is 14. The second-order valence-corrected chi connectivity index (χ2v) is 16.8. The molecular weight excluding hydrogens is 825 g/mol. The fraction of sp³-hybridized carbons (Fsp3) is 0.600. The molecule has 0 radical (unpaired) electrons. The number of imide groups is 2. The summed E-state index contributed by atoms with van der Waals surface area (Å²) in [4.78, 5) is 93.6. The van der Waals surface area contributed by atoms with Gasteiger partial charge in [-0.2, -0.15) is 0 Å². The molecule has 14 nitrogen and oxygen atoms in total. The highest BCUT2D eigenvalue weighted by Crippen LogP contribution is 2.11. The fourth-order valence-corrected chi connectivity index (χ4v) is 5.75. The van der Waals surface area contributed by atoms with Crippen LogP contribution >= 0.6 is 28.8 Å². The summed E-state index contributed by atoms with van der Waals surface area (Å²) in [5.74, 6) is -1.94. The molecule has 2 rings (SSSR count). The van der Waals surface area contributed by atoms with Gasteiger partial charge in [0, 0.05) is 77.4 Å². The third-order valence-electron chi connectivity index (χ3n) is 6.92. The van der Waals surface area contributed by atoms with E-state index in [1.807, 2.05) is 0 Å². The Kier molecular flexibility index (Phi) is 35.1. The molecule has 0 bridgehead atoms. The Morgan fingerprint density at radius 1 is 0.596 bits per heavy atom. The molecule has 2 heterocycles. The summed E-state index contributed by atoms with van der Waals surface area (Å²) in [7, 11) is 5.85. The molecule has 0 saturated carbocycles. The highest BCUT2D eigenvalue weighted by Gasteiger charge is 2.24. The molecular formula is C30H48N6O8P4S4. The largest absolute Gasteiger partial charge is 0.356 e. The van der Waals surface area contributed by atoms with Crippen LogP contribution in [0.15, 0.2) is 24.3 Å². The maximum Gasteiger partial charge on any atom is 0.253 e. The first-order valence-corrected chi connectivity index (χ1v) is 23.6. The van der Waals surface area contributed by atoms with Gasteiger partial charge in [-0.15, -0.1) is 0 Å². The van der Waals surface area contributed by atoms with E-state index in [4.69, 9.17) is 23.6 Å². The average Bonchev–Trinajstić information content (AvgIpc) is 3.62.